The van der Waals surface area contributed by atoms with Gasteiger partial charge in [0, 0.05) is 4.47 Å². The van der Waals surface area contributed by atoms with E-state index in [4.69, 9.17) is 4.74 Å². The number of fused-ring (bicyclic) bond motifs is 1. The molecule has 28 heavy (non-hydrogen) atoms. The Balaban J connectivity index is 1.92. The molecule has 1 atom stereocenters. The van der Waals surface area contributed by atoms with Crippen molar-refractivity contribution in [1.82, 2.24) is 19.7 Å². The summed E-state index contributed by atoms with van der Waals surface area (Å²) in [4.78, 5) is 32.1. The number of hydrogen-bond donors (Lipinski definition) is 1. The van der Waals surface area contributed by atoms with Crippen molar-refractivity contribution in [3.63, 3.8) is 0 Å². The number of carbonyl (C=O) groups is 1. The van der Waals surface area contributed by atoms with Gasteiger partial charge in [-0.3, -0.25) is 14.9 Å². The van der Waals surface area contributed by atoms with Crippen LogP contribution in [0.25, 0.3) is 10.8 Å². The van der Waals surface area contributed by atoms with Crippen molar-refractivity contribution < 1.29 is 18.3 Å². The molecule has 3 rings (SSSR count). The van der Waals surface area contributed by atoms with E-state index in [1.807, 2.05) is 0 Å². The van der Waals surface area contributed by atoms with E-state index in [1.165, 1.54) is 6.92 Å². The van der Waals surface area contributed by atoms with E-state index in [2.05, 4.69) is 36.3 Å². The lowest BCUT2D eigenvalue weighted by Gasteiger charge is -2.12. The molecule has 0 aliphatic carbocycles. The van der Waals surface area contributed by atoms with E-state index in [0.717, 1.165) is 17.1 Å². The number of anilines is 1. The van der Waals surface area contributed by atoms with Gasteiger partial charge in [0.1, 0.15) is 19.3 Å². The number of ether oxygens (including phenoxy) is 1. The Hall–Kier alpha value is -2.95. The molecule has 0 bridgehead atoms. The van der Waals surface area contributed by atoms with Gasteiger partial charge in [0.2, 0.25) is 17.7 Å². The van der Waals surface area contributed by atoms with Gasteiger partial charge in [0.15, 0.2) is 5.82 Å². The predicted molar refractivity (Wildman–Crippen MR) is 100 cm³/mol. The summed E-state index contributed by atoms with van der Waals surface area (Å²) in [6.07, 6.45) is 0.541. The first-order chi connectivity index (χ1) is 13.3. The minimum Gasteiger partial charge on any atom is -0.473 e. The highest BCUT2D eigenvalue weighted by atomic mass is 79.9. The van der Waals surface area contributed by atoms with Crippen LogP contribution in [0.2, 0.25) is 0 Å². The summed E-state index contributed by atoms with van der Waals surface area (Å²) in [5, 5.41) is 7.02. The van der Waals surface area contributed by atoms with Crippen LogP contribution in [0.1, 0.15) is 6.92 Å². The lowest BCUT2D eigenvalue weighted by atomic mass is 10.2. The Labute approximate surface area is 165 Å². The fourth-order valence-electron chi connectivity index (χ4n) is 2.31. The molecule has 0 aliphatic heterocycles. The molecule has 0 spiro atoms. The van der Waals surface area contributed by atoms with Crippen LogP contribution < -0.4 is 15.6 Å². The quantitative estimate of drug-likeness (QED) is 0.615. The average molecular weight is 454 g/mol. The normalized spacial score (nSPS) is 12.0. The molecule has 0 radical (unpaired) electrons. The topological polar surface area (TPSA) is 99.0 Å². The molecule has 1 N–H and O–H groups in total. The monoisotopic (exact) mass is 453 g/mol. The number of hydrogen-bond acceptors (Lipinski definition) is 6. The maximum Gasteiger partial charge on any atom is 0.275 e. The maximum atomic E-state index is 13.2. The van der Waals surface area contributed by atoms with Crippen LogP contribution >= 0.6 is 15.9 Å². The van der Waals surface area contributed by atoms with Crippen molar-refractivity contribution in [2.45, 2.75) is 19.6 Å². The van der Waals surface area contributed by atoms with Gasteiger partial charge in [-0.2, -0.15) is 0 Å². The third kappa shape index (κ3) is 4.66. The molecule has 1 unspecified atom stereocenters. The average Bonchev–Trinajstić information content (AvgIpc) is 2.64. The molecule has 2 heterocycles. The second-order valence-electron chi connectivity index (χ2n) is 5.82. The Bertz CT molecular complexity index is 1070. The van der Waals surface area contributed by atoms with E-state index in [1.54, 1.807) is 18.2 Å². The molecule has 1 aromatic carbocycles. The first-order valence-corrected chi connectivity index (χ1v) is 8.87. The zero-order valence-electron chi connectivity index (χ0n) is 14.5. The molecule has 0 aliphatic rings. The zero-order chi connectivity index (χ0) is 20.3. The Kier molecular flexibility index (Phi) is 5.93. The summed E-state index contributed by atoms with van der Waals surface area (Å²) >= 11 is 3.30. The summed E-state index contributed by atoms with van der Waals surface area (Å²) in [6, 6.07) is 4.83. The van der Waals surface area contributed by atoms with Crippen molar-refractivity contribution in [1.29, 1.82) is 0 Å². The predicted octanol–water partition coefficient (Wildman–Crippen LogP) is 2.46. The van der Waals surface area contributed by atoms with Gasteiger partial charge in [-0.1, -0.05) is 15.9 Å². The smallest absolute Gasteiger partial charge is 0.275 e. The molecule has 3 aromatic rings. The minimum atomic E-state index is -1.25. The molecule has 8 nitrogen and oxygen atoms in total. The number of nitrogens with zero attached hydrogens (tertiary/aromatic N) is 4. The van der Waals surface area contributed by atoms with Gasteiger partial charge >= 0.3 is 0 Å². The summed E-state index contributed by atoms with van der Waals surface area (Å²) in [5.74, 6) is -1.40. The number of alkyl halides is 1. The molecule has 2 aromatic heterocycles. The lowest BCUT2D eigenvalue weighted by Crippen LogP contribution is -2.30. The number of nitrogens with one attached hydrogen (secondary N) is 1. The Morgan fingerprint density at radius 2 is 2.04 bits per heavy atom. The first kappa shape index (κ1) is 19.8. The molecule has 0 saturated carbocycles. The van der Waals surface area contributed by atoms with Crippen molar-refractivity contribution in [2.24, 2.45) is 0 Å². The van der Waals surface area contributed by atoms with Crippen LogP contribution in [0.3, 0.4) is 0 Å². The fourth-order valence-corrected chi connectivity index (χ4v) is 2.67. The van der Waals surface area contributed by atoms with Crippen LogP contribution in [0.4, 0.5) is 14.7 Å². The van der Waals surface area contributed by atoms with Gasteiger partial charge in [0.05, 0.1) is 23.2 Å². The van der Waals surface area contributed by atoms with Crippen LogP contribution in [-0.2, 0) is 11.3 Å². The fraction of sp³-hybridized carbons (Fsp3) is 0.235. The van der Waals surface area contributed by atoms with Crippen molar-refractivity contribution in [3.05, 3.63) is 51.2 Å². The Morgan fingerprint density at radius 3 is 2.71 bits per heavy atom. The van der Waals surface area contributed by atoms with Crippen molar-refractivity contribution in [2.75, 3.05) is 11.9 Å². The number of benzene rings is 1. The van der Waals surface area contributed by atoms with E-state index in [0.29, 0.717) is 9.86 Å². The largest absolute Gasteiger partial charge is 0.473 e. The SMILES string of the molecule is CC(F)COc1nn(CC(=O)Nc2ncc(F)cn2)c(=O)c2ccc(Br)cc12. The lowest BCUT2D eigenvalue weighted by molar-refractivity contribution is -0.117. The van der Waals surface area contributed by atoms with Gasteiger partial charge in [-0.25, -0.2) is 23.4 Å². The van der Waals surface area contributed by atoms with Crippen molar-refractivity contribution in [3.8, 4) is 5.88 Å². The first-order valence-electron chi connectivity index (χ1n) is 8.08. The van der Waals surface area contributed by atoms with E-state index in [9.17, 15) is 18.4 Å². The summed E-state index contributed by atoms with van der Waals surface area (Å²) in [5.41, 5.74) is -0.529. The Morgan fingerprint density at radius 1 is 1.32 bits per heavy atom. The van der Waals surface area contributed by atoms with Gasteiger partial charge < -0.3 is 4.74 Å². The number of halogens is 3. The second-order valence-corrected chi connectivity index (χ2v) is 6.74. The highest BCUT2D eigenvalue weighted by Gasteiger charge is 2.16. The van der Waals surface area contributed by atoms with E-state index < -0.39 is 30.0 Å². The summed E-state index contributed by atoms with van der Waals surface area (Å²) in [7, 11) is 0. The molecular weight excluding hydrogens is 440 g/mol. The number of amides is 1. The van der Waals surface area contributed by atoms with E-state index in [-0.39, 0.29) is 23.8 Å². The van der Waals surface area contributed by atoms with Crippen LogP contribution in [-0.4, -0.2) is 38.4 Å². The second kappa shape index (κ2) is 8.38. The molecule has 0 fully saturated rings. The van der Waals surface area contributed by atoms with Crippen LogP contribution in [0, 0.1) is 5.82 Å². The third-order valence-electron chi connectivity index (χ3n) is 3.50. The third-order valence-corrected chi connectivity index (χ3v) is 4.00. The summed E-state index contributed by atoms with van der Waals surface area (Å²) < 4.78 is 33.0. The molecule has 146 valence electrons. The van der Waals surface area contributed by atoms with E-state index >= 15 is 0 Å². The maximum absolute atomic E-state index is 13.2. The number of rotatable bonds is 6. The van der Waals surface area contributed by atoms with Crippen LogP contribution in [0.5, 0.6) is 5.88 Å². The molecular formula is C17H14BrF2N5O3. The molecule has 11 heteroatoms. The van der Waals surface area contributed by atoms with Gasteiger partial charge in [0.25, 0.3) is 5.56 Å². The van der Waals surface area contributed by atoms with Gasteiger partial charge in [-0.15, -0.1) is 5.10 Å². The molecule has 1 amide bonds. The van der Waals surface area contributed by atoms with Crippen molar-refractivity contribution >= 4 is 38.6 Å². The number of carbonyl (C=O) groups excluding carboxylic acids is 1. The van der Waals surface area contributed by atoms with Crippen LogP contribution in [0.15, 0.2) is 39.9 Å². The minimum absolute atomic E-state index is 0.0197. The summed E-state index contributed by atoms with van der Waals surface area (Å²) in [6.45, 7) is 0.597. The molecule has 0 saturated heterocycles. The highest BCUT2D eigenvalue weighted by molar-refractivity contribution is 9.10. The zero-order valence-corrected chi connectivity index (χ0v) is 16.1. The van der Waals surface area contributed by atoms with Gasteiger partial charge in [-0.05, 0) is 25.1 Å². The standard InChI is InChI=1S/C17H14BrF2N5O3/c1-9(19)8-28-15-13-4-10(18)2-3-12(13)16(27)25(24-15)7-14(26)23-17-21-5-11(20)6-22-17/h2-6,9H,7-8H2,1H3,(H,21,22,23,26). The highest BCUT2D eigenvalue weighted by Crippen LogP contribution is 2.24. The number of aromatic nitrogens is 4.